The van der Waals surface area contributed by atoms with E-state index in [2.05, 4.69) is 24.3 Å². The van der Waals surface area contributed by atoms with Crippen molar-refractivity contribution in [2.45, 2.75) is 12.5 Å². The van der Waals surface area contributed by atoms with Crippen LogP contribution in [0.4, 0.5) is 0 Å². The molecule has 1 heterocycles. The first-order chi connectivity index (χ1) is 11.3. The predicted octanol–water partition coefficient (Wildman–Crippen LogP) is 3.96. The van der Waals surface area contributed by atoms with Crippen LogP contribution in [-0.2, 0) is 14.3 Å². The lowest BCUT2D eigenvalue weighted by molar-refractivity contribution is -0.142. The first-order valence-electron chi connectivity index (χ1n) is 7.54. The number of rotatable bonds is 4. The smallest absolute Gasteiger partial charge is 0.334 e. The van der Waals surface area contributed by atoms with Gasteiger partial charge in [0.25, 0.3) is 0 Å². The number of carbonyl (C=O) groups is 1. The molecule has 2 aromatic carbocycles. The molecular weight excluding hydrogens is 288 g/mol. The zero-order valence-corrected chi connectivity index (χ0v) is 12.9. The van der Waals surface area contributed by atoms with E-state index in [4.69, 9.17) is 9.47 Å². The van der Waals surface area contributed by atoms with Crippen LogP contribution in [0.15, 0.2) is 78.6 Å². The summed E-state index contributed by atoms with van der Waals surface area (Å²) in [4.78, 5) is 11.7. The van der Waals surface area contributed by atoms with Crippen molar-refractivity contribution < 1.29 is 14.3 Å². The summed E-state index contributed by atoms with van der Waals surface area (Å²) < 4.78 is 10.6. The van der Waals surface area contributed by atoms with Gasteiger partial charge in [0.15, 0.2) is 0 Å². The maximum absolute atomic E-state index is 11.7. The molecule has 3 heteroatoms. The predicted molar refractivity (Wildman–Crippen MR) is 89.6 cm³/mol. The van der Waals surface area contributed by atoms with E-state index in [0.717, 1.165) is 16.7 Å². The SMILES string of the molecule is COC1=CC(=O)OC(C=C(c2ccccc2)c2ccccc2)C1. The van der Waals surface area contributed by atoms with Crippen LogP contribution < -0.4 is 0 Å². The van der Waals surface area contributed by atoms with Gasteiger partial charge in [0, 0.05) is 6.42 Å². The van der Waals surface area contributed by atoms with Crippen LogP contribution in [0.2, 0.25) is 0 Å². The van der Waals surface area contributed by atoms with Gasteiger partial charge >= 0.3 is 5.97 Å². The fourth-order valence-corrected chi connectivity index (χ4v) is 2.63. The van der Waals surface area contributed by atoms with E-state index in [9.17, 15) is 4.79 Å². The van der Waals surface area contributed by atoms with Gasteiger partial charge in [0.05, 0.1) is 13.2 Å². The Morgan fingerprint density at radius 2 is 1.61 bits per heavy atom. The summed E-state index contributed by atoms with van der Waals surface area (Å²) in [6, 6.07) is 20.2. The number of ether oxygens (including phenoxy) is 2. The third-order valence-electron chi connectivity index (χ3n) is 3.73. The van der Waals surface area contributed by atoms with Crippen LogP contribution in [-0.4, -0.2) is 19.2 Å². The normalized spacial score (nSPS) is 17.0. The molecule has 3 rings (SSSR count). The van der Waals surface area contributed by atoms with Gasteiger partial charge in [-0.25, -0.2) is 4.79 Å². The lowest BCUT2D eigenvalue weighted by Gasteiger charge is -2.21. The molecule has 1 unspecified atom stereocenters. The highest BCUT2D eigenvalue weighted by Gasteiger charge is 2.21. The topological polar surface area (TPSA) is 35.5 Å². The molecule has 2 aromatic rings. The maximum Gasteiger partial charge on any atom is 0.334 e. The van der Waals surface area contributed by atoms with Crippen molar-refractivity contribution >= 4 is 11.5 Å². The van der Waals surface area contributed by atoms with Gasteiger partial charge in [0.2, 0.25) is 0 Å². The second-order valence-corrected chi connectivity index (χ2v) is 5.31. The molecule has 0 bridgehead atoms. The van der Waals surface area contributed by atoms with E-state index in [1.807, 2.05) is 42.5 Å². The molecule has 0 fully saturated rings. The van der Waals surface area contributed by atoms with Crippen molar-refractivity contribution in [3.63, 3.8) is 0 Å². The molecule has 0 amide bonds. The largest absolute Gasteiger partial charge is 0.501 e. The van der Waals surface area contributed by atoms with E-state index >= 15 is 0 Å². The Labute approximate surface area is 135 Å². The molecule has 0 spiro atoms. The van der Waals surface area contributed by atoms with Gasteiger partial charge in [-0.3, -0.25) is 0 Å². The highest BCUT2D eigenvalue weighted by molar-refractivity contribution is 5.85. The summed E-state index contributed by atoms with van der Waals surface area (Å²) in [5, 5.41) is 0. The van der Waals surface area contributed by atoms with Crippen LogP contribution in [0, 0.1) is 0 Å². The van der Waals surface area contributed by atoms with Crippen LogP contribution >= 0.6 is 0 Å². The molecule has 0 N–H and O–H groups in total. The fraction of sp³-hybridized carbons (Fsp3) is 0.150. The molecule has 0 aliphatic carbocycles. The van der Waals surface area contributed by atoms with Crippen molar-refractivity contribution in [2.75, 3.05) is 7.11 Å². The van der Waals surface area contributed by atoms with Crippen molar-refractivity contribution in [1.82, 2.24) is 0 Å². The number of esters is 1. The third-order valence-corrected chi connectivity index (χ3v) is 3.73. The van der Waals surface area contributed by atoms with Crippen molar-refractivity contribution in [2.24, 2.45) is 0 Å². The first-order valence-corrected chi connectivity index (χ1v) is 7.54. The summed E-state index contributed by atoms with van der Waals surface area (Å²) in [6.07, 6.45) is 3.60. The molecule has 23 heavy (non-hydrogen) atoms. The van der Waals surface area contributed by atoms with Gasteiger partial charge in [-0.05, 0) is 22.8 Å². The molecule has 0 saturated carbocycles. The van der Waals surface area contributed by atoms with Gasteiger partial charge in [-0.2, -0.15) is 0 Å². The van der Waals surface area contributed by atoms with E-state index in [1.165, 1.54) is 6.08 Å². The van der Waals surface area contributed by atoms with Gasteiger partial charge < -0.3 is 9.47 Å². The third kappa shape index (κ3) is 3.69. The molecular formula is C20H18O3. The van der Waals surface area contributed by atoms with Crippen LogP contribution in [0.5, 0.6) is 0 Å². The maximum atomic E-state index is 11.7. The second-order valence-electron chi connectivity index (χ2n) is 5.31. The quantitative estimate of drug-likeness (QED) is 0.802. The molecule has 116 valence electrons. The Kier molecular flexibility index (Phi) is 4.57. The fourth-order valence-electron chi connectivity index (χ4n) is 2.63. The van der Waals surface area contributed by atoms with Gasteiger partial charge in [-0.1, -0.05) is 60.7 Å². The first kappa shape index (κ1) is 15.1. The van der Waals surface area contributed by atoms with Crippen LogP contribution in [0.1, 0.15) is 17.5 Å². The van der Waals surface area contributed by atoms with E-state index in [1.54, 1.807) is 7.11 Å². The summed E-state index contributed by atoms with van der Waals surface area (Å²) in [7, 11) is 1.57. The summed E-state index contributed by atoms with van der Waals surface area (Å²) >= 11 is 0. The number of cyclic esters (lactones) is 1. The van der Waals surface area contributed by atoms with Crippen LogP contribution in [0.3, 0.4) is 0 Å². The molecule has 3 nitrogen and oxygen atoms in total. The number of hydrogen-bond acceptors (Lipinski definition) is 3. The van der Waals surface area contributed by atoms with E-state index in [0.29, 0.717) is 12.2 Å². The van der Waals surface area contributed by atoms with Crippen molar-refractivity contribution in [3.05, 3.63) is 89.7 Å². The number of hydrogen-bond donors (Lipinski definition) is 0. The summed E-state index contributed by atoms with van der Waals surface area (Å²) in [6.45, 7) is 0. The minimum atomic E-state index is -0.366. The lowest BCUT2D eigenvalue weighted by atomic mass is 9.95. The summed E-state index contributed by atoms with van der Waals surface area (Å²) in [5.41, 5.74) is 3.22. The molecule has 1 aliphatic heterocycles. The van der Waals surface area contributed by atoms with Crippen molar-refractivity contribution in [1.29, 1.82) is 0 Å². The number of carbonyl (C=O) groups excluding carboxylic acids is 1. The average Bonchev–Trinajstić information content (AvgIpc) is 2.60. The second kappa shape index (κ2) is 6.97. The van der Waals surface area contributed by atoms with Gasteiger partial charge in [-0.15, -0.1) is 0 Å². The van der Waals surface area contributed by atoms with Gasteiger partial charge in [0.1, 0.15) is 11.9 Å². The van der Waals surface area contributed by atoms with E-state index in [-0.39, 0.29) is 12.1 Å². The summed E-state index contributed by atoms with van der Waals surface area (Å²) in [5.74, 6) is 0.276. The molecule has 1 aliphatic rings. The Morgan fingerprint density at radius 1 is 1.04 bits per heavy atom. The Bertz CT molecular complexity index is 688. The molecule has 0 aromatic heterocycles. The molecule has 1 atom stereocenters. The monoisotopic (exact) mass is 306 g/mol. The Hall–Kier alpha value is -2.81. The average molecular weight is 306 g/mol. The van der Waals surface area contributed by atoms with E-state index < -0.39 is 0 Å². The minimum absolute atomic E-state index is 0.335. The molecule has 0 radical (unpaired) electrons. The zero-order chi connectivity index (χ0) is 16.1. The lowest BCUT2D eigenvalue weighted by Crippen LogP contribution is -2.21. The Morgan fingerprint density at radius 3 is 2.13 bits per heavy atom. The number of methoxy groups -OCH3 is 1. The highest BCUT2D eigenvalue weighted by atomic mass is 16.5. The van der Waals surface area contributed by atoms with Crippen LogP contribution in [0.25, 0.3) is 5.57 Å². The Balaban J connectivity index is 1.99. The standard InChI is InChI=1S/C20H18O3/c1-22-17-12-18(23-20(21)14-17)13-19(15-8-4-2-5-9-15)16-10-6-3-7-11-16/h2-11,13-14,18H,12H2,1H3. The highest BCUT2D eigenvalue weighted by Crippen LogP contribution is 2.27. The zero-order valence-electron chi connectivity index (χ0n) is 12.9. The number of benzene rings is 2. The molecule has 0 saturated heterocycles. The van der Waals surface area contributed by atoms with Crippen molar-refractivity contribution in [3.8, 4) is 0 Å². The minimum Gasteiger partial charge on any atom is -0.501 e.